The molecule has 2 N–H and O–H groups in total. The average molecular weight is 508 g/mol. The number of imidazole rings is 1. The van der Waals surface area contributed by atoms with E-state index in [4.69, 9.17) is 4.74 Å². The highest BCUT2D eigenvalue weighted by Crippen LogP contribution is 2.29. The first kappa shape index (κ1) is 24.4. The van der Waals surface area contributed by atoms with Crippen LogP contribution in [0.4, 0.5) is 5.69 Å². The van der Waals surface area contributed by atoms with Crippen molar-refractivity contribution in [1.29, 1.82) is 0 Å². The zero-order valence-electron chi connectivity index (χ0n) is 21.9. The second-order valence-corrected chi connectivity index (χ2v) is 10.5. The number of hydrogen-bond donors (Lipinski definition) is 2. The summed E-state index contributed by atoms with van der Waals surface area (Å²) in [5.41, 5.74) is 5.37. The highest BCUT2D eigenvalue weighted by Gasteiger charge is 2.35. The fourth-order valence-corrected chi connectivity index (χ4v) is 5.54. The molecule has 6 rings (SSSR count). The Morgan fingerprint density at radius 1 is 1.08 bits per heavy atom. The predicted molar refractivity (Wildman–Crippen MR) is 149 cm³/mol. The number of hydrogen-bond acceptors (Lipinski definition) is 5. The summed E-state index contributed by atoms with van der Waals surface area (Å²) in [6.45, 7) is 8.11. The fourth-order valence-electron chi connectivity index (χ4n) is 5.54. The zero-order chi connectivity index (χ0) is 26.1. The molecule has 194 valence electrons. The summed E-state index contributed by atoms with van der Waals surface area (Å²) in [7, 11) is 0. The fraction of sp³-hybridized carbons (Fsp3) is 0.290. The van der Waals surface area contributed by atoms with Crippen molar-refractivity contribution >= 4 is 11.6 Å². The predicted octanol–water partition coefficient (Wildman–Crippen LogP) is 5.33. The van der Waals surface area contributed by atoms with E-state index in [2.05, 4.69) is 32.7 Å². The number of aromatic nitrogens is 2. The number of anilines is 1. The van der Waals surface area contributed by atoms with Crippen molar-refractivity contribution in [3.63, 3.8) is 0 Å². The smallest absolute Gasteiger partial charge is 0.255 e. The maximum Gasteiger partial charge on any atom is 0.255 e. The van der Waals surface area contributed by atoms with Crippen LogP contribution in [0.15, 0.2) is 79.3 Å². The number of aryl methyl sites for hydroxylation is 2. The van der Waals surface area contributed by atoms with Gasteiger partial charge in [-0.3, -0.25) is 9.69 Å². The number of benzene rings is 3. The van der Waals surface area contributed by atoms with Crippen molar-refractivity contribution in [1.82, 2.24) is 19.8 Å². The van der Waals surface area contributed by atoms with Crippen LogP contribution < -0.4 is 15.4 Å². The van der Waals surface area contributed by atoms with Gasteiger partial charge in [-0.05, 0) is 86.3 Å². The number of carbonyl (C=O) groups is 1. The molecule has 4 aromatic rings. The van der Waals surface area contributed by atoms with Crippen LogP contribution in [0.25, 0.3) is 5.69 Å². The van der Waals surface area contributed by atoms with Crippen molar-refractivity contribution < 1.29 is 9.53 Å². The van der Waals surface area contributed by atoms with Gasteiger partial charge in [0.15, 0.2) is 0 Å². The second kappa shape index (κ2) is 10.4. The lowest BCUT2D eigenvalue weighted by molar-refractivity contribution is 0.102. The minimum atomic E-state index is -0.173. The molecule has 3 aromatic carbocycles. The molecule has 7 nitrogen and oxygen atoms in total. The minimum Gasteiger partial charge on any atom is -0.457 e. The second-order valence-electron chi connectivity index (χ2n) is 10.5. The number of fused-ring (bicyclic) bond motifs is 1. The van der Waals surface area contributed by atoms with Gasteiger partial charge in [0.1, 0.15) is 11.5 Å². The Labute approximate surface area is 223 Å². The standard InChI is InChI=1S/C31H33N5O2/c1-21-8-9-24(14-30(21)38-28-6-4-3-5-7-28)31(37)34-26-12-23(13-27(15-26)36-16-22(2)33-20-36)17-35-18-25-10-11-32-29(25)19-35/h3-9,12-16,20,25,29,32H,10-11,17-19H2,1-2H3,(H,34,37)/t25-,29+/m0/s1. The molecule has 2 saturated heterocycles. The van der Waals surface area contributed by atoms with Crippen LogP contribution in [0.2, 0.25) is 0 Å². The third-order valence-electron chi connectivity index (χ3n) is 7.51. The van der Waals surface area contributed by atoms with Gasteiger partial charge in [-0.2, -0.15) is 0 Å². The van der Waals surface area contributed by atoms with E-state index in [-0.39, 0.29) is 5.91 Å². The normalized spacial score (nSPS) is 18.9. The summed E-state index contributed by atoms with van der Waals surface area (Å²) in [5, 5.41) is 6.76. The number of para-hydroxylation sites is 1. The van der Waals surface area contributed by atoms with Crippen molar-refractivity contribution in [2.24, 2.45) is 5.92 Å². The SMILES string of the molecule is Cc1cn(-c2cc(CN3C[C@@H]4CCN[C@@H]4C3)cc(NC(=O)c3ccc(C)c(Oc4ccccc4)c3)c2)cn1. The Bertz CT molecular complexity index is 1440. The Hall–Kier alpha value is -3.94. The van der Waals surface area contributed by atoms with Crippen molar-refractivity contribution in [3.05, 3.63) is 102 Å². The molecular weight excluding hydrogens is 474 g/mol. The summed E-state index contributed by atoms with van der Waals surface area (Å²) in [4.78, 5) is 20.3. The maximum absolute atomic E-state index is 13.4. The van der Waals surface area contributed by atoms with Crippen LogP contribution in [0.3, 0.4) is 0 Å². The van der Waals surface area contributed by atoms with Crippen LogP contribution >= 0.6 is 0 Å². The summed E-state index contributed by atoms with van der Waals surface area (Å²) in [5.74, 6) is 1.97. The lowest BCUT2D eigenvalue weighted by Gasteiger charge is -2.19. The highest BCUT2D eigenvalue weighted by molar-refractivity contribution is 6.04. The highest BCUT2D eigenvalue weighted by atomic mass is 16.5. The quantitative estimate of drug-likeness (QED) is 0.354. The van der Waals surface area contributed by atoms with E-state index >= 15 is 0 Å². The van der Waals surface area contributed by atoms with Gasteiger partial charge < -0.3 is 19.9 Å². The molecule has 2 fully saturated rings. The number of likely N-dealkylation sites (tertiary alicyclic amines) is 1. The monoisotopic (exact) mass is 507 g/mol. The lowest BCUT2D eigenvalue weighted by Crippen LogP contribution is -2.30. The third-order valence-corrected chi connectivity index (χ3v) is 7.51. The summed E-state index contributed by atoms with van der Waals surface area (Å²) >= 11 is 0. The topological polar surface area (TPSA) is 71.4 Å². The molecule has 7 heteroatoms. The number of amides is 1. The van der Waals surface area contributed by atoms with E-state index in [1.807, 2.05) is 79.5 Å². The van der Waals surface area contributed by atoms with Crippen LogP contribution in [0, 0.1) is 19.8 Å². The third kappa shape index (κ3) is 5.35. The van der Waals surface area contributed by atoms with Gasteiger partial charge in [0.2, 0.25) is 0 Å². The summed E-state index contributed by atoms with van der Waals surface area (Å²) in [6.07, 6.45) is 5.07. The van der Waals surface area contributed by atoms with Gasteiger partial charge >= 0.3 is 0 Å². The first-order valence-corrected chi connectivity index (χ1v) is 13.3. The average Bonchev–Trinajstić information content (AvgIpc) is 3.63. The van der Waals surface area contributed by atoms with E-state index < -0.39 is 0 Å². The minimum absolute atomic E-state index is 0.173. The van der Waals surface area contributed by atoms with Gasteiger partial charge in [0, 0.05) is 48.8 Å². The molecule has 0 bridgehead atoms. The molecule has 0 radical (unpaired) electrons. The van der Waals surface area contributed by atoms with E-state index in [0.717, 1.165) is 60.5 Å². The molecule has 0 saturated carbocycles. The number of carbonyl (C=O) groups excluding carboxylic acids is 1. The largest absolute Gasteiger partial charge is 0.457 e. The van der Waals surface area contributed by atoms with Gasteiger partial charge in [-0.15, -0.1) is 0 Å². The lowest BCUT2D eigenvalue weighted by atomic mass is 10.1. The number of rotatable bonds is 7. The van der Waals surface area contributed by atoms with Gasteiger partial charge in [-0.25, -0.2) is 4.98 Å². The van der Waals surface area contributed by atoms with Gasteiger partial charge in [-0.1, -0.05) is 24.3 Å². The van der Waals surface area contributed by atoms with Crippen LogP contribution in [-0.4, -0.2) is 46.0 Å². The maximum atomic E-state index is 13.4. The molecular formula is C31H33N5O2. The molecule has 1 aromatic heterocycles. The molecule has 1 amide bonds. The number of ether oxygens (including phenoxy) is 1. The van der Waals surface area contributed by atoms with E-state index in [1.165, 1.54) is 12.0 Å². The molecule has 2 atom stereocenters. The first-order valence-electron chi connectivity index (χ1n) is 13.3. The number of nitrogens with zero attached hydrogens (tertiary/aromatic N) is 3. The van der Waals surface area contributed by atoms with Crippen molar-refractivity contribution in [3.8, 4) is 17.2 Å². The zero-order valence-corrected chi connectivity index (χ0v) is 21.9. The van der Waals surface area contributed by atoms with E-state index in [1.54, 1.807) is 6.07 Å². The molecule has 38 heavy (non-hydrogen) atoms. The van der Waals surface area contributed by atoms with Gasteiger partial charge in [0.05, 0.1) is 12.0 Å². The van der Waals surface area contributed by atoms with E-state index in [9.17, 15) is 4.79 Å². The molecule has 2 aliphatic heterocycles. The summed E-state index contributed by atoms with van der Waals surface area (Å²) in [6, 6.07) is 22.0. The molecule has 0 spiro atoms. The van der Waals surface area contributed by atoms with Crippen LogP contribution in [0.1, 0.15) is 33.6 Å². The summed E-state index contributed by atoms with van der Waals surface area (Å²) < 4.78 is 8.06. The Kier molecular flexibility index (Phi) is 6.70. The molecule has 2 aliphatic rings. The Morgan fingerprint density at radius 2 is 1.95 bits per heavy atom. The molecule has 3 heterocycles. The van der Waals surface area contributed by atoms with Crippen molar-refractivity contribution in [2.75, 3.05) is 25.0 Å². The molecule has 0 aliphatic carbocycles. The van der Waals surface area contributed by atoms with Crippen LogP contribution in [0.5, 0.6) is 11.5 Å². The Morgan fingerprint density at radius 3 is 2.74 bits per heavy atom. The van der Waals surface area contributed by atoms with E-state index in [0.29, 0.717) is 17.4 Å². The first-order chi connectivity index (χ1) is 18.5. The van der Waals surface area contributed by atoms with Crippen molar-refractivity contribution in [2.45, 2.75) is 32.9 Å². The molecule has 0 unspecified atom stereocenters. The van der Waals surface area contributed by atoms with Gasteiger partial charge in [0.25, 0.3) is 5.91 Å². The number of nitrogens with one attached hydrogen (secondary N) is 2. The Balaban J connectivity index is 1.24. The van der Waals surface area contributed by atoms with Crippen LogP contribution in [-0.2, 0) is 6.54 Å².